The Morgan fingerprint density at radius 1 is 1.11 bits per heavy atom. The van der Waals surface area contributed by atoms with Crippen LogP contribution in [0.1, 0.15) is 22.8 Å². The molecule has 2 heterocycles. The van der Waals surface area contributed by atoms with Crippen molar-refractivity contribution in [3.63, 3.8) is 0 Å². The van der Waals surface area contributed by atoms with Gasteiger partial charge < -0.3 is 20.4 Å². The van der Waals surface area contributed by atoms with E-state index in [1.165, 1.54) is 5.00 Å². The van der Waals surface area contributed by atoms with E-state index in [-0.39, 0.29) is 29.9 Å². The molecule has 0 spiro atoms. The van der Waals surface area contributed by atoms with Gasteiger partial charge in [0.25, 0.3) is 5.91 Å². The van der Waals surface area contributed by atoms with E-state index in [0.29, 0.717) is 18.7 Å². The number of anilines is 1. The smallest absolute Gasteiger partial charge is 0.251 e. The Labute approximate surface area is 188 Å². The summed E-state index contributed by atoms with van der Waals surface area (Å²) < 4.78 is 0. The maximum absolute atomic E-state index is 11.8. The van der Waals surface area contributed by atoms with Gasteiger partial charge in [0.2, 0.25) is 0 Å². The number of thiophene rings is 1. The summed E-state index contributed by atoms with van der Waals surface area (Å²) >= 11 is 1.79. The van der Waals surface area contributed by atoms with Crippen molar-refractivity contribution >= 4 is 52.2 Å². The van der Waals surface area contributed by atoms with Crippen LogP contribution in [-0.2, 0) is 6.54 Å². The summed E-state index contributed by atoms with van der Waals surface area (Å²) in [5.74, 6) is 0.894. The van der Waals surface area contributed by atoms with E-state index in [9.17, 15) is 4.79 Å². The molecule has 1 aromatic carbocycles. The lowest BCUT2D eigenvalue weighted by atomic mass is 10.1. The molecule has 1 aliphatic rings. The number of carbonyl (C=O) groups excluding carboxylic acids is 1. The zero-order valence-corrected chi connectivity index (χ0v) is 19.5. The van der Waals surface area contributed by atoms with Crippen molar-refractivity contribution in [3.8, 4) is 0 Å². The van der Waals surface area contributed by atoms with Gasteiger partial charge in [-0.1, -0.05) is 12.1 Å². The maximum atomic E-state index is 11.8. The summed E-state index contributed by atoms with van der Waals surface area (Å²) in [7, 11) is 1.83. The summed E-state index contributed by atoms with van der Waals surface area (Å²) in [4.78, 5) is 21.0. The average Bonchev–Trinajstić information content (AvgIpc) is 3.24. The van der Waals surface area contributed by atoms with Gasteiger partial charge in [-0.15, -0.1) is 35.3 Å². The molecule has 0 unspecified atom stereocenters. The van der Waals surface area contributed by atoms with Crippen molar-refractivity contribution in [3.05, 3.63) is 52.9 Å². The van der Waals surface area contributed by atoms with E-state index in [1.54, 1.807) is 11.3 Å². The Hall–Kier alpha value is -1.81. The predicted octanol–water partition coefficient (Wildman–Crippen LogP) is 3.01. The maximum Gasteiger partial charge on any atom is 0.251 e. The van der Waals surface area contributed by atoms with E-state index >= 15 is 0 Å². The number of guanidine groups is 1. The van der Waals surface area contributed by atoms with Crippen LogP contribution in [-0.4, -0.2) is 56.5 Å². The summed E-state index contributed by atoms with van der Waals surface area (Å²) in [6.45, 7) is 7.15. The fraction of sp³-hybridized carbons (Fsp3) is 0.400. The minimum absolute atomic E-state index is 0. The number of nitrogens with one attached hydrogen (secondary N) is 2. The largest absolute Gasteiger partial charge is 0.360 e. The Balaban J connectivity index is 0.00000280. The average molecular weight is 513 g/mol. The van der Waals surface area contributed by atoms with Crippen molar-refractivity contribution in [1.82, 2.24) is 15.5 Å². The number of amides is 1. The van der Waals surface area contributed by atoms with E-state index in [1.807, 2.05) is 38.2 Å². The van der Waals surface area contributed by atoms with Gasteiger partial charge in [0.1, 0.15) is 0 Å². The monoisotopic (exact) mass is 513 g/mol. The van der Waals surface area contributed by atoms with Gasteiger partial charge in [0.05, 0.1) is 5.00 Å². The number of hydrogen-bond acceptors (Lipinski definition) is 4. The highest BCUT2D eigenvalue weighted by Crippen LogP contribution is 2.22. The molecule has 1 amide bonds. The predicted molar refractivity (Wildman–Crippen MR) is 128 cm³/mol. The van der Waals surface area contributed by atoms with Crippen LogP contribution < -0.4 is 15.5 Å². The highest BCUT2D eigenvalue weighted by molar-refractivity contribution is 14.0. The fourth-order valence-electron chi connectivity index (χ4n) is 3.14. The highest BCUT2D eigenvalue weighted by Gasteiger charge is 2.20. The zero-order valence-electron chi connectivity index (χ0n) is 16.4. The normalized spacial score (nSPS) is 14.4. The molecule has 2 N–H and O–H groups in total. The molecule has 0 radical (unpaired) electrons. The number of aliphatic imine (C=N–C) groups is 1. The lowest BCUT2D eigenvalue weighted by molar-refractivity contribution is 0.0956. The summed E-state index contributed by atoms with van der Waals surface area (Å²) in [5.41, 5.74) is 1.82. The molecular formula is C20H28IN5OS. The van der Waals surface area contributed by atoms with Gasteiger partial charge in [0, 0.05) is 51.9 Å². The van der Waals surface area contributed by atoms with Gasteiger partial charge in [0.15, 0.2) is 5.96 Å². The molecule has 3 rings (SSSR count). The van der Waals surface area contributed by atoms with Crippen LogP contribution in [0.4, 0.5) is 5.00 Å². The van der Waals surface area contributed by atoms with Crippen molar-refractivity contribution in [2.75, 3.05) is 44.7 Å². The molecule has 0 saturated carbocycles. The molecule has 152 valence electrons. The summed E-state index contributed by atoms with van der Waals surface area (Å²) in [6.07, 6.45) is 0. The quantitative estimate of drug-likeness (QED) is 0.367. The second-order valence-corrected chi connectivity index (χ2v) is 7.31. The van der Waals surface area contributed by atoms with Crippen LogP contribution >= 0.6 is 35.3 Å². The van der Waals surface area contributed by atoms with Crippen LogP contribution in [0, 0.1) is 0 Å². The first-order chi connectivity index (χ1) is 13.2. The van der Waals surface area contributed by atoms with Crippen LogP contribution in [0.25, 0.3) is 0 Å². The van der Waals surface area contributed by atoms with E-state index in [4.69, 9.17) is 0 Å². The molecule has 1 aliphatic heterocycles. The Morgan fingerprint density at radius 2 is 1.82 bits per heavy atom. The number of rotatable bonds is 5. The Kier molecular flexibility index (Phi) is 9.04. The molecule has 6 nitrogen and oxygen atoms in total. The van der Waals surface area contributed by atoms with E-state index in [2.05, 4.69) is 42.9 Å². The van der Waals surface area contributed by atoms with Crippen LogP contribution in [0.5, 0.6) is 0 Å². The molecule has 1 aromatic heterocycles. The highest BCUT2D eigenvalue weighted by atomic mass is 127. The molecule has 28 heavy (non-hydrogen) atoms. The topological polar surface area (TPSA) is 60.0 Å². The van der Waals surface area contributed by atoms with Gasteiger partial charge >= 0.3 is 0 Å². The first-order valence-corrected chi connectivity index (χ1v) is 10.2. The molecule has 0 atom stereocenters. The molecule has 8 heteroatoms. The molecule has 0 aliphatic carbocycles. The number of carbonyl (C=O) groups is 1. The number of benzene rings is 1. The van der Waals surface area contributed by atoms with Crippen molar-refractivity contribution in [2.24, 2.45) is 4.99 Å². The summed E-state index contributed by atoms with van der Waals surface area (Å²) in [5, 5.41) is 9.71. The summed E-state index contributed by atoms with van der Waals surface area (Å²) in [6, 6.07) is 12.0. The molecule has 1 fully saturated rings. The van der Waals surface area contributed by atoms with Crippen LogP contribution in [0.3, 0.4) is 0 Å². The third-order valence-corrected chi connectivity index (χ3v) is 5.54. The Morgan fingerprint density at radius 3 is 2.39 bits per heavy atom. The number of hydrogen-bond donors (Lipinski definition) is 2. The SMILES string of the molecule is CCNC(=O)c1ccc(CNC(=NC)N2CCN(c3cccs3)CC2)cc1.I. The third-order valence-electron chi connectivity index (χ3n) is 4.61. The number of halogens is 1. The fourth-order valence-corrected chi connectivity index (χ4v) is 3.92. The van der Waals surface area contributed by atoms with Crippen molar-refractivity contribution < 1.29 is 4.79 Å². The molecule has 1 saturated heterocycles. The molecule has 0 bridgehead atoms. The lowest BCUT2D eigenvalue weighted by Gasteiger charge is -2.37. The van der Waals surface area contributed by atoms with Crippen molar-refractivity contribution in [1.29, 1.82) is 0 Å². The van der Waals surface area contributed by atoms with Gasteiger partial charge in [-0.2, -0.15) is 0 Å². The number of nitrogens with zero attached hydrogens (tertiary/aromatic N) is 3. The first kappa shape index (κ1) is 22.5. The second-order valence-electron chi connectivity index (χ2n) is 6.38. The van der Waals surface area contributed by atoms with Crippen molar-refractivity contribution in [2.45, 2.75) is 13.5 Å². The van der Waals surface area contributed by atoms with Gasteiger partial charge in [-0.3, -0.25) is 9.79 Å². The lowest BCUT2D eigenvalue weighted by Crippen LogP contribution is -2.52. The first-order valence-electron chi connectivity index (χ1n) is 9.32. The standard InChI is InChI=1S/C20H27N5OS.HI/c1-3-22-19(26)17-8-6-16(7-9-17)15-23-20(21-2)25-12-10-24(11-13-25)18-5-4-14-27-18;/h4-9,14H,3,10-13,15H2,1-2H3,(H,21,23)(H,22,26);1H. The molecule has 2 aromatic rings. The molecular weight excluding hydrogens is 485 g/mol. The minimum Gasteiger partial charge on any atom is -0.360 e. The van der Waals surface area contributed by atoms with E-state index in [0.717, 1.165) is 37.7 Å². The Bertz CT molecular complexity index is 755. The van der Waals surface area contributed by atoms with Gasteiger partial charge in [-0.25, -0.2) is 0 Å². The van der Waals surface area contributed by atoms with Crippen LogP contribution in [0.15, 0.2) is 46.8 Å². The number of piperazine rings is 1. The van der Waals surface area contributed by atoms with Crippen LogP contribution in [0.2, 0.25) is 0 Å². The van der Waals surface area contributed by atoms with Gasteiger partial charge in [-0.05, 0) is 42.1 Å². The minimum atomic E-state index is -0.0311. The zero-order chi connectivity index (χ0) is 19.1. The third kappa shape index (κ3) is 5.84. The second kappa shape index (κ2) is 11.3. The van der Waals surface area contributed by atoms with E-state index < -0.39 is 0 Å².